The zero-order chi connectivity index (χ0) is 18.3. The fourth-order valence-electron chi connectivity index (χ4n) is 4.46. The summed E-state index contributed by atoms with van der Waals surface area (Å²) in [6.07, 6.45) is 14.7. The van der Waals surface area contributed by atoms with Crippen molar-refractivity contribution >= 4 is 6.08 Å². The minimum absolute atomic E-state index is 0.0372. The van der Waals surface area contributed by atoms with Gasteiger partial charge in [-0.05, 0) is 67.5 Å². The molecule has 0 heterocycles. The van der Waals surface area contributed by atoms with Crippen molar-refractivity contribution in [3.8, 4) is 11.1 Å². The van der Waals surface area contributed by atoms with Crippen molar-refractivity contribution in [3.63, 3.8) is 0 Å². The standard InChI is InChI=1S/C26H26/c1-18(2)15-19(3)16-21-11-12-23-22-10-6-5-9-20(22)17-24(23)25(21)26(4)13-7-8-14-26/h5-16H,17H2,1-4H3. The van der Waals surface area contributed by atoms with E-state index in [0.717, 1.165) is 6.42 Å². The number of allylic oxidation sites excluding steroid dienone is 7. The Morgan fingerprint density at radius 2 is 1.65 bits per heavy atom. The maximum absolute atomic E-state index is 2.34. The van der Waals surface area contributed by atoms with Crippen LogP contribution in [0.2, 0.25) is 0 Å². The molecule has 130 valence electrons. The Morgan fingerprint density at radius 3 is 2.38 bits per heavy atom. The lowest BCUT2D eigenvalue weighted by Crippen LogP contribution is -2.18. The van der Waals surface area contributed by atoms with Crippen LogP contribution < -0.4 is 0 Å². The summed E-state index contributed by atoms with van der Waals surface area (Å²) in [4.78, 5) is 0. The molecule has 0 radical (unpaired) electrons. The number of benzene rings is 2. The van der Waals surface area contributed by atoms with E-state index in [2.05, 4.69) is 101 Å². The molecule has 0 fully saturated rings. The van der Waals surface area contributed by atoms with Gasteiger partial charge >= 0.3 is 0 Å². The van der Waals surface area contributed by atoms with Crippen LogP contribution in [0.15, 0.2) is 77.9 Å². The Morgan fingerprint density at radius 1 is 0.923 bits per heavy atom. The van der Waals surface area contributed by atoms with Gasteiger partial charge in [0, 0.05) is 5.41 Å². The maximum Gasteiger partial charge on any atom is 0.0298 e. The normalized spacial score (nSPS) is 16.5. The van der Waals surface area contributed by atoms with E-state index in [4.69, 9.17) is 0 Å². The lowest BCUT2D eigenvalue weighted by atomic mass is 9.77. The summed E-state index contributed by atoms with van der Waals surface area (Å²) in [5.74, 6) is 0. The maximum atomic E-state index is 2.34. The van der Waals surface area contributed by atoms with Crippen molar-refractivity contribution < 1.29 is 0 Å². The van der Waals surface area contributed by atoms with Crippen LogP contribution in [0.5, 0.6) is 0 Å². The first kappa shape index (κ1) is 16.8. The SMILES string of the molecule is CC(C)=CC(C)=Cc1ccc2c(c1C1(C)C=CC=C1)Cc1ccccc1-2. The lowest BCUT2D eigenvalue weighted by Gasteiger charge is -2.26. The van der Waals surface area contributed by atoms with Crippen molar-refractivity contribution in [1.29, 1.82) is 0 Å². The van der Waals surface area contributed by atoms with Crippen LogP contribution in [0.3, 0.4) is 0 Å². The Kier molecular flexibility index (Phi) is 4.07. The smallest absolute Gasteiger partial charge is 0.0298 e. The number of hydrogen-bond acceptors (Lipinski definition) is 0. The molecule has 0 saturated carbocycles. The molecule has 0 aliphatic heterocycles. The quantitative estimate of drug-likeness (QED) is 0.450. The molecule has 0 unspecified atom stereocenters. The Hall–Kier alpha value is -2.60. The summed E-state index contributed by atoms with van der Waals surface area (Å²) < 4.78 is 0. The Labute approximate surface area is 157 Å². The van der Waals surface area contributed by atoms with Crippen LogP contribution >= 0.6 is 0 Å². The summed E-state index contributed by atoms with van der Waals surface area (Å²) in [6, 6.07) is 13.5. The molecule has 4 rings (SSSR count). The van der Waals surface area contributed by atoms with Gasteiger partial charge in [-0.25, -0.2) is 0 Å². The van der Waals surface area contributed by atoms with Gasteiger partial charge in [-0.1, -0.05) is 84.0 Å². The highest BCUT2D eigenvalue weighted by Gasteiger charge is 2.32. The molecule has 2 aromatic carbocycles. The second-order valence-corrected chi connectivity index (χ2v) is 8.00. The number of hydrogen-bond donors (Lipinski definition) is 0. The first-order chi connectivity index (χ1) is 12.5. The monoisotopic (exact) mass is 338 g/mol. The predicted octanol–water partition coefficient (Wildman–Crippen LogP) is 7.01. The van der Waals surface area contributed by atoms with E-state index < -0.39 is 0 Å². The summed E-state index contributed by atoms with van der Waals surface area (Å²) in [5.41, 5.74) is 11.1. The van der Waals surface area contributed by atoms with Crippen LogP contribution in [0, 0.1) is 0 Å². The van der Waals surface area contributed by atoms with E-state index in [1.165, 1.54) is 44.5 Å². The molecule has 0 saturated heterocycles. The van der Waals surface area contributed by atoms with Crippen LogP contribution in [0.25, 0.3) is 17.2 Å². The molecule has 0 nitrogen and oxygen atoms in total. The molecule has 0 spiro atoms. The third kappa shape index (κ3) is 2.80. The van der Waals surface area contributed by atoms with E-state index in [1.807, 2.05) is 0 Å². The fourth-order valence-corrected chi connectivity index (χ4v) is 4.46. The van der Waals surface area contributed by atoms with Crippen molar-refractivity contribution in [1.82, 2.24) is 0 Å². The highest BCUT2D eigenvalue weighted by atomic mass is 14.3. The highest BCUT2D eigenvalue weighted by molar-refractivity contribution is 5.82. The summed E-state index contributed by atoms with van der Waals surface area (Å²) in [6.45, 7) is 8.84. The van der Waals surface area contributed by atoms with Gasteiger partial charge in [0.1, 0.15) is 0 Å². The van der Waals surface area contributed by atoms with Gasteiger partial charge in [0.05, 0.1) is 0 Å². The minimum Gasteiger partial charge on any atom is -0.0762 e. The number of fused-ring (bicyclic) bond motifs is 3. The average molecular weight is 338 g/mol. The van der Waals surface area contributed by atoms with E-state index in [-0.39, 0.29) is 5.41 Å². The molecule has 2 aliphatic rings. The predicted molar refractivity (Wildman–Crippen MR) is 113 cm³/mol. The molecule has 0 aromatic heterocycles. The second-order valence-electron chi connectivity index (χ2n) is 8.00. The van der Waals surface area contributed by atoms with E-state index >= 15 is 0 Å². The Bertz CT molecular complexity index is 977. The largest absolute Gasteiger partial charge is 0.0762 e. The van der Waals surface area contributed by atoms with E-state index in [9.17, 15) is 0 Å². The van der Waals surface area contributed by atoms with Crippen LogP contribution in [-0.4, -0.2) is 0 Å². The van der Waals surface area contributed by atoms with Gasteiger partial charge in [-0.2, -0.15) is 0 Å². The zero-order valence-corrected chi connectivity index (χ0v) is 16.1. The fraction of sp³-hybridized carbons (Fsp3) is 0.231. The van der Waals surface area contributed by atoms with Gasteiger partial charge in [-0.15, -0.1) is 0 Å². The molecule has 2 aromatic rings. The van der Waals surface area contributed by atoms with Crippen molar-refractivity contribution in [2.24, 2.45) is 0 Å². The van der Waals surface area contributed by atoms with Gasteiger partial charge in [0.2, 0.25) is 0 Å². The molecule has 2 aliphatic carbocycles. The minimum atomic E-state index is -0.0372. The van der Waals surface area contributed by atoms with Crippen molar-refractivity contribution in [2.75, 3.05) is 0 Å². The van der Waals surface area contributed by atoms with Crippen LogP contribution in [0.1, 0.15) is 49.9 Å². The van der Waals surface area contributed by atoms with E-state index in [1.54, 1.807) is 0 Å². The van der Waals surface area contributed by atoms with Gasteiger partial charge in [0.15, 0.2) is 0 Å². The van der Waals surface area contributed by atoms with Crippen LogP contribution in [-0.2, 0) is 11.8 Å². The molecule has 0 heteroatoms. The molecule has 0 bridgehead atoms. The topological polar surface area (TPSA) is 0 Å². The first-order valence-corrected chi connectivity index (χ1v) is 9.43. The van der Waals surface area contributed by atoms with Gasteiger partial charge in [0.25, 0.3) is 0 Å². The second kappa shape index (κ2) is 6.29. The van der Waals surface area contributed by atoms with E-state index in [0.29, 0.717) is 0 Å². The van der Waals surface area contributed by atoms with Gasteiger partial charge in [-0.3, -0.25) is 0 Å². The molecular weight excluding hydrogens is 312 g/mol. The molecule has 0 N–H and O–H groups in total. The summed E-state index contributed by atoms with van der Waals surface area (Å²) in [7, 11) is 0. The molecular formula is C26H26. The van der Waals surface area contributed by atoms with Gasteiger partial charge < -0.3 is 0 Å². The third-order valence-electron chi connectivity index (χ3n) is 5.45. The summed E-state index contributed by atoms with van der Waals surface area (Å²) in [5, 5.41) is 0. The molecule has 26 heavy (non-hydrogen) atoms. The number of rotatable bonds is 3. The molecule has 0 atom stereocenters. The summed E-state index contributed by atoms with van der Waals surface area (Å²) >= 11 is 0. The lowest BCUT2D eigenvalue weighted by molar-refractivity contribution is 0.757. The zero-order valence-electron chi connectivity index (χ0n) is 16.1. The van der Waals surface area contributed by atoms with Crippen molar-refractivity contribution in [2.45, 2.75) is 39.5 Å². The first-order valence-electron chi connectivity index (χ1n) is 9.43. The van der Waals surface area contributed by atoms with Crippen molar-refractivity contribution in [3.05, 3.63) is 100 Å². The molecule has 0 amide bonds. The Balaban J connectivity index is 1.95. The highest BCUT2D eigenvalue weighted by Crippen LogP contribution is 2.45. The van der Waals surface area contributed by atoms with Crippen LogP contribution in [0.4, 0.5) is 0 Å². The third-order valence-corrected chi connectivity index (χ3v) is 5.45. The average Bonchev–Trinajstić information content (AvgIpc) is 3.17.